The normalized spacial score (nSPS) is 11.0. The van der Waals surface area contributed by atoms with Crippen LogP contribution in [0.25, 0.3) is 32.9 Å². The summed E-state index contributed by atoms with van der Waals surface area (Å²) in [4.78, 5) is 18.4. The number of carbonyl (C=O) groups excluding carboxylic acids is 1. The summed E-state index contributed by atoms with van der Waals surface area (Å²) in [6.45, 7) is 1.97. The maximum absolute atomic E-state index is 13.5. The third kappa shape index (κ3) is 3.11. The molecule has 0 radical (unpaired) electrons. The van der Waals surface area contributed by atoms with E-state index in [9.17, 15) is 4.79 Å². The lowest BCUT2D eigenvalue weighted by molar-refractivity contribution is 0.102. The summed E-state index contributed by atoms with van der Waals surface area (Å²) < 4.78 is 0. The molecule has 0 saturated heterocycles. The van der Waals surface area contributed by atoms with E-state index in [2.05, 4.69) is 5.32 Å². The fourth-order valence-electron chi connectivity index (χ4n) is 4.00. The van der Waals surface area contributed by atoms with E-state index in [1.54, 1.807) is 0 Å². The highest BCUT2D eigenvalue weighted by Crippen LogP contribution is 2.31. The number of nitrogens with one attached hydrogen (secondary N) is 1. The molecule has 0 atom stereocenters. The lowest BCUT2D eigenvalue weighted by Gasteiger charge is -2.15. The van der Waals surface area contributed by atoms with Crippen LogP contribution in [-0.4, -0.2) is 10.9 Å². The minimum atomic E-state index is -0.125. The van der Waals surface area contributed by atoms with Gasteiger partial charge in [-0.1, -0.05) is 84.9 Å². The molecule has 0 aliphatic rings. The number of anilines is 1. The molecule has 30 heavy (non-hydrogen) atoms. The van der Waals surface area contributed by atoms with Gasteiger partial charge in [-0.3, -0.25) is 4.79 Å². The highest BCUT2D eigenvalue weighted by molar-refractivity contribution is 6.16. The quantitative estimate of drug-likeness (QED) is 0.377. The summed E-state index contributed by atoms with van der Waals surface area (Å²) in [5, 5.41) is 6.12. The average Bonchev–Trinajstić information content (AvgIpc) is 2.79. The van der Waals surface area contributed by atoms with Gasteiger partial charge in [0.25, 0.3) is 5.91 Å². The number of pyridine rings is 1. The number of fused-ring (bicyclic) bond motifs is 2. The highest BCUT2D eigenvalue weighted by atomic mass is 16.1. The van der Waals surface area contributed by atoms with Gasteiger partial charge < -0.3 is 5.32 Å². The van der Waals surface area contributed by atoms with Gasteiger partial charge in [0, 0.05) is 22.0 Å². The lowest BCUT2D eigenvalue weighted by atomic mass is 9.97. The molecule has 3 heteroatoms. The average molecular weight is 388 g/mol. The molecule has 4 aromatic carbocycles. The summed E-state index contributed by atoms with van der Waals surface area (Å²) >= 11 is 0. The molecule has 0 spiro atoms. The van der Waals surface area contributed by atoms with Gasteiger partial charge in [-0.25, -0.2) is 4.98 Å². The number of para-hydroxylation sites is 1. The van der Waals surface area contributed by atoms with E-state index in [1.165, 1.54) is 0 Å². The molecule has 1 amide bonds. The molecule has 144 valence electrons. The molecule has 1 N–H and O–H groups in total. The first-order valence-corrected chi connectivity index (χ1v) is 9.96. The Morgan fingerprint density at radius 3 is 2.23 bits per heavy atom. The van der Waals surface area contributed by atoms with Crippen LogP contribution >= 0.6 is 0 Å². The minimum absolute atomic E-state index is 0.125. The molecule has 0 fully saturated rings. The maximum atomic E-state index is 13.5. The van der Waals surface area contributed by atoms with E-state index in [4.69, 9.17) is 4.98 Å². The minimum Gasteiger partial charge on any atom is -0.321 e. The molecule has 3 nitrogen and oxygen atoms in total. The summed E-state index contributed by atoms with van der Waals surface area (Å²) in [5.74, 6) is -0.125. The fourth-order valence-corrected chi connectivity index (χ4v) is 4.00. The van der Waals surface area contributed by atoms with Gasteiger partial charge in [-0.05, 0) is 30.0 Å². The van der Waals surface area contributed by atoms with Crippen LogP contribution < -0.4 is 5.32 Å². The van der Waals surface area contributed by atoms with E-state index in [1.807, 2.05) is 104 Å². The predicted molar refractivity (Wildman–Crippen MR) is 124 cm³/mol. The third-order valence-corrected chi connectivity index (χ3v) is 5.45. The van der Waals surface area contributed by atoms with Crippen LogP contribution in [0.4, 0.5) is 5.69 Å². The second-order valence-electron chi connectivity index (χ2n) is 7.32. The first kappa shape index (κ1) is 18.1. The molecule has 0 unspecified atom stereocenters. The molecule has 5 aromatic rings. The van der Waals surface area contributed by atoms with Crippen LogP contribution in [0.3, 0.4) is 0 Å². The van der Waals surface area contributed by atoms with Crippen molar-refractivity contribution in [2.75, 3.05) is 5.32 Å². The van der Waals surface area contributed by atoms with E-state index < -0.39 is 0 Å². The zero-order valence-corrected chi connectivity index (χ0v) is 16.6. The molecule has 1 heterocycles. The first-order chi connectivity index (χ1) is 14.7. The molecule has 0 saturated carbocycles. The second-order valence-corrected chi connectivity index (χ2v) is 7.32. The van der Waals surface area contributed by atoms with Crippen molar-refractivity contribution in [1.82, 2.24) is 4.98 Å². The number of amides is 1. The topological polar surface area (TPSA) is 42.0 Å². The van der Waals surface area contributed by atoms with Crippen molar-refractivity contribution in [2.45, 2.75) is 6.92 Å². The largest absolute Gasteiger partial charge is 0.321 e. The van der Waals surface area contributed by atoms with Gasteiger partial charge in [-0.15, -0.1) is 0 Å². The van der Waals surface area contributed by atoms with Crippen LogP contribution in [0.1, 0.15) is 15.9 Å². The Bertz CT molecular complexity index is 1390. The molecule has 0 bridgehead atoms. The van der Waals surface area contributed by atoms with Crippen molar-refractivity contribution in [2.24, 2.45) is 0 Å². The smallest absolute Gasteiger partial charge is 0.256 e. The van der Waals surface area contributed by atoms with Crippen molar-refractivity contribution in [3.8, 4) is 11.3 Å². The number of hydrogen-bond acceptors (Lipinski definition) is 2. The predicted octanol–water partition coefficient (Wildman–Crippen LogP) is 6.62. The van der Waals surface area contributed by atoms with Gasteiger partial charge in [-0.2, -0.15) is 0 Å². The number of carbonyl (C=O) groups is 1. The number of aromatic nitrogens is 1. The lowest BCUT2D eigenvalue weighted by Crippen LogP contribution is -2.15. The van der Waals surface area contributed by atoms with Crippen LogP contribution in [0.2, 0.25) is 0 Å². The highest BCUT2D eigenvalue weighted by Gasteiger charge is 2.19. The van der Waals surface area contributed by atoms with E-state index in [-0.39, 0.29) is 5.91 Å². The van der Waals surface area contributed by atoms with Crippen LogP contribution in [-0.2, 0) is 0 Å². The summed E-state index contributed by atoms with van der Waals surface area (Å²) in [5.41, 5.74) is 4.98. The van der Waals surface area contributed by atoms with Crippen molar-refractivity contribution in [1.29, 1.82) is 0 Å². The maximum Gasteiger partial charge on any atom is 0.256 e. The Morgan fingerprint density at radius 1 is 0.733 bits per heavy atom. The fraction of sp³-hybridized carbons (Fsp3) is 0.0370. The second kappa shape index (κ2) is 7.45. The number of hydrogen-bond donors (Lipinski definition) is 1. The van der Waals surface area contributed by atoms with Gasteiger partial charge in [0.05, 0.1) is 16.8 Å². The monoisotopic (exact) mass is 388 g/mol. The SMILES string of the molecule is Cc1c(-c2ccccc2)nc2ccccc2c1C(=O)Nc1cccc2ccccc12. The van der Waals surface area contributed by atoms with Crippen LogP contribution in [0.5, 0.6) is 0 Å². The number of rotatable bonds is 3. The Morgan fingerprint density at radius 2 is 1.40 bits per heavy atom. The zero-order chi connectivity index (χ0) is 20.5. The van der Waals surface area contributed by atoms with Crippen molar-refractivity contribution >= 4 is 33.3 Å². The molecule has 0 aliphatic heterocycles. The number of benzene rings is 4. The van der Waals surface area contributed by atoms with Gasteiger partial charge in [0.15, 0.2) is 0 Å². The zero-order valence-electron chi connectivity index (χ0n) is 16.6. The Hall–Kier alpha value is -3.98. The molecule has 1 aromatic heterocycles. The van der Waals surface area contributed by atoms with Crippen LogP contribution in [0, 0.1) is 6.92 Å². The Kier molecular flexibility index (Phi) is 4.49. The van der Waals surface area contributed by atoms with E-state index >= 15 is 0 Å². The van der Waals surface area contributed by atoms with Crippen molar-refractivity contribution in [3.63, 3.8) is 0 Å². The van der Waals surface area contributed by atoms with Crippen molar-refractivity contribution < 1.29 is 4.79 Å². The summed E-state index contributed by atoms with van der Waals surface area (Å²) in [6, 6.07) is 31.8. The molecule has 5 rings (SSSR count). The van der Waals surface area contributed by atoms with Gasteiger partial charge >= 0.3 is 0 Å². The number of nitrogens with zero attached hydrogens (tertiary/aromatic N) is 1. The molecular formula is C27H20N2O. The summed E-state index contributed by atoms with van der Waals surface area (Å²) in [7, 11) is 0. The Labute approximate surface area is 175 Å². The third-order valence-electron chi connectivity index (χ3n) is 5.45. The molecule has 0 aliphatic carbocycles. The molecular weight excluding hydrogens is 368 g/mol. The first-order valence-electron chi connectivity index (χ1n) is 9.96. The van der Waals surface area contributed by atoms with E-state index in [0.717, 1.165) is 44.2 Å². The van der Waals surface area contributed by atoms with Crippen molar-refractivity contribution in [3.05, 3.63) is 108 Å². The van der Waals surface area contributed by atoms with E-state index in [0.29, 0.717) is 5.56 Å². The standard InChI is InChI=1S/C27H20N2O/c1-18-25(27(30)29-23-17-9-13-19-10-5-6-14-21(19)23)22-15-7-8-16-24(22)28-26(18)20-11-3-2-4-12-20/h2-17H,1H3,(H,29,30). The summed E-state index contributed by atoms with van der Waals surface area (Å²) in [6.07, 6.45) is 0. The van der Waals surface area contributed by atoms with Gasteiger partial charge in [0.1, 0.15) is 0 Å². The van der Waals surface area contributed by atoms with Gasteiger partial charge in [0.2, 0.25) is 0 Å². The van der Waals surface area contributed by atoms with Crippen LogP contribution in [0.15, 0.2) is 97.1 Å². The Balaban J connectivity index is 1.68.